The van der Waals surface area contributed by atoms with E-state index in [4.69, 9.17) is 10.6 Å². The largest absolute Gasteiger partial charge is 0.473 e. The van der Waals surface area contributed by atoms with Crippen molar-refractivity contribution in [3.05, 3.63) is 21.8 Å². The quantitative estimate of drug-likeness (QED) is 0.248. The minimum absolute atomic E-state index is 0.203. The van der Waals surface area contributed by atoms with Crippen LogP contribution in [0.2, 0.25) is 0 Å². The van der Waals surface area contributed by atoms with Crippen molar-refractivity contribution in [1.29, 1.82) is 0 Å². The van der Waals surface area contributed by atoms with E-state index in [1.807, 2.05) is 11.0 Å². The summed E-state index contributed by atoms with van der Waals surface area (Å²) >= 11 is 2.10. The van der Waals surface area contributed by atoms with E-state index in [0.29, 0.717) is 0 Å². The maximum Gasteiger partial charge on any atom is 0.473 e. The van der Waals surface area contributed by atoms with Gasteiger partial charge in [0.1, 0.15) is 5.84 Å². The normalized spacial score (nSPS) is 17.8. The number of hydrogen-bond acceptors (Lipinski definition) is 4. The van der Waals surface area contributed by atoms with Gasteiger partial charge in [0.2, 0.25) is 0 Å². The number of allylic oxidation sites excluding steroid dienone is 2. The van der Waals surface area contributed by atoms with Crippen LogP contribution in [0.4, 0.5) is 0 Å². The van der Waals surface area contributed by atoms with Crippen LogP contribution in [-0.2, 0) is 13.6 Å². The monoisotopic (exact) mass is 360 g/mol. The van der Waals surface area contributed by atoms with E-state index < -0.39 is 7.82 Å². The minimum atomic E-state index is -3.97. The molecule has 0 fully saturated rings. The standard InChI is InChI=1S/C8H14IN2O4P/c1-7(5-9)3-4-8(10)11-6-15-16(12,13)14-2/h3-5H,6H2,1-2H3,(H2,10,11)(H,12,13)/b4-3-,7-5-. The van der Waals surface area contributed by atoms with Crippen LogP contribution in [0.25, 0.3) is 0 Å². The summed E-state index contributed by atoms with van der Waals surface area (Å²) in [7, 11) is -2.90. The van der Waals surface area contributed by atoms with E-state index in [0.717, 1.165) is 12.7 Å². The van der Waals surface area contributed by atoms with Gasteiger partial charge in [0.15, 0.2) is 6.73 Å². The van der Waals surface area contributed by atoms with Crippen molar-refractivity contribution >= 4 is 36.2 Å². The molecule has 0 rings (SSSR count). The lowest BCUT2D eigenvalue weighted by Gasteiger charge is -2.06. The first kappa shape index (κ1) is 15.8. The van der Waals surface area contributed by atoms with Gasteiger partial charge >= 0.3 is 7.82 Å². The Morgan fingerprint density at radius 3 is 2.75 bits per heavy atom. The molecule has 0 saturated carbocycles. The van der Waals surface area contributed by atoms with Crippen molar-refractivity contribution in [1.82, 2.24) is 0 Å². The summed E-state index contributed by atoms with van der Waals surface area (Å²) in [6.45, 7) is 1.57. The Morgan fingerprint density at radius 1 is 1.62 bits per heavy atom. The smallest absolute Gasteiger partial charge is 0.384 e. The van der Waals surface area contributed by atoms with Gasteiger partial charge in [-0.15, -0.1) is 0 Å². The SMILES string of the molecule is COP(=O)(O)OC/N=C(N)/C=C\C(C)=C/I. The van der Waals surface area contributed by atoms with Gasteiger partial charge < -0.3 is 10.6 Å². The van der Waals surface area contributed by atoms with E-state index >= 15 is 0 Å². The molecular formula is C8H14IN2O4P. The summed E-state index contributed by atoms with van der Waals surface area (Å²) in [6.07, 6.45) is 3.34. The first-order chi connectivity index (χ1) is 7.41. The topological polar surface area (TPSA) is 94.1 Å². The fraction of sp³-hybridized carbons (Fsp3) is 0.375. The maximum absolute atomic E-state index is 10.8. The lowest BCUT2D eigenvalue weighted by molar-refractivity contribution is 0.178. The molecule has 0 amide bonds. The highest BCUT2D eigenvalue weighted by molar-refractivity contribution is 14.1. The lowest BCUT2D eigenvalue weighted by atomic mass is 10.3. The molecule has 0 saturated heterocycles. The fourth-order valence-corrected chi connectivity index (χ4v) is 1.05. The molecule has 0 aliphatic rings. The molecule has 16 heavy (non-hydrogen) atoms. The highest BCUT2D eigenvalue weighted by atomic mass is 127. The predicted octanol–water partition coefficient (Wildman–Crippen LogP) is 1.96. The van der Waals surface area contributed by atoms with Gasteiger partial charge in [0, 0.05) is 7.11 Å². The average molecular weight is 360 g/mol. The summed E-state index contributed by atoms with van der Waals surface area (Å²) in [5, 5.41) is 0. The molecule has 0 spiro atoms. The number of nitrogens with two attached hydrogens (primary N) is 1. The van der Waals surface area contributed by atoms with E-state index in [9.17, 15) is 4.57 Å². The highest BCUT2D eigenvalue weighted by Crippen LogP contribution is 2.41. The molecule has 0 aliphatic heterocycles. The molecular weight excluding hydrogens is 346 g/mol. The maximum atomic E-state index is 10.8. The second kappa shape index (κ2) is 7.97. The van der Waals surface area contributed by atoms with Crippen molar-refractivity contribution in [3.8, 4) is 0 Å². The Hall–Kier alpha value is -0.210. The van der Waals surface area contributed by atoms with Gasteiger partial charge in [0.05, 0.1) is 0 Å². The van der Waals surface area contributed by atoms with Gasteiger partial charge in [-0.05, 0) is 22.7 Å². The number of phosphoric acid groups is 1. The van der Waals surface area contributed by atoms with Crippen molar-refractivity contribution in [2.75, 3.05) is 13.8 Å². The highest BCUT2D eigenvalue weighted by Gasteiger charge is 2.17. The second-order valence-electron chi connectivity index (χ2n) is 2.68. The Morgan fingerprint density at radius 2 is 2.25 bits per heavy atom. The number of rotatable bonds is 6. The third-order valence-corrected chi connectivity index (χ3v) is 3.27. The van der Waals surface area contributed by atoms with Crippen LogP contribution in [0.5, 0.6) is 0 Å². The molecule has 0 bridgehead atoms. The van der Waals surface area contributed by atoms with Crippen LogP contribution < -0.4 is 5.73 Å². The van der Waals surface area contributed by atoms with E-state index in [2.05, 4.69) is 36.6 Å². The second-order valence-corrected chi connectivity index (χ2v) is 4.86. The van der Waals surface area contributed by atoms with Crippen molar-refractivity contribution in [2.24, 2.45) is 10.7 Å². The van der Waals surface area contributed by atoms with Crippen LogP contribution >= 0.6 is 30.4 Å². The molecule has 1 atom stereocenters. The zero-order valence-electron chi connectivity index (χ0n) is 8.96. The summed E-state index contributed by atoms with van der Waals surface area (Å²) in [4.78, 5) is 12.6. The number of halogens is 1. The van der Waals surface area contributed by atoms with Crippen molar-refractivity contribution in [2.45, 2.75) is 6.92 Å². The molecule has 1 unspecified atom stereocenters. The first-order valence-electron chi connectivity index (χ1n) is 4.19. The van der Waals surface area contributed by atoms with Gasteiger partial charge in [-0.2, -0.15) is 0 Å². The van der Waals surface area contributed by atoms with Crippen LogP contribution in [0.1, 0.15) is 6.92 Å². The van der Waals surface area contributed by atoms with E-state index in [1.54, 1.807) is 12.2 Å². The van der Waals surface area contributed by atoms with Crippen LogP contribution in [-0.4, -0.2) is 24.6 Å². The fourth-order valence-electron chi connectivity index (χ4n) is 0.535. The number of aliphatic imine (C=N–C) groups is 1. The van der Waals surface area contributed by atoms with Crippen molar-refractivity contribution < 1.29 is 18.5 Å². The molecule has 92 valence electrons. The molecule has 0 aromatic carbocycles. The van der Waals surface area contributed by atoms with E-state index in [1.165, 1.54) is 0 Å². The third-order valence-electron chi connectivity index (χ3n) is 1.39. The third kappa shape index (κ3) is 8.00. The Bertz CT molecular complexity index is 354. The zero-order valence-corrected chi connectivity index (χ0v) is 12.0. The molecule has 0 aromatic heterocycles. The number of hydrogen-bond donors (Lipinski definition) is 2. The van der Waals surface area contributed by atoms with Crippen LogP contribution in [0.15, 0.2) is 26.8 Å². The number of phosphoric ester groups is 1. The average Bonchev–Trinajstić information content (AvgIpc) is 2.25. The summed E-state index contributed by atoms with van der Waals surface area (Å²) < 4.78 is 21.4. The molecule has 3 N–H and O–H groups in total. The number of amidine groups is 1. The minimum Gasteiger partial charge on any atom is -0.384 e. The Balaban J connectivity index is 4.16. The number of nitrogens with zero attached hydrogens (tertiary/aromatic N) is 1. The first-order valence-corrected chi connectivity index (χ1v) is 6.93. The molecule has 8 heteroatoms. The van der Waals surface area contributed by atoms with Crippen molar-refractivity contribution in [3.63, 3.8) is 0 Å². The molecule has 0 heterocycles. The molecule has 6 nitrogen and oxygen atoms in total. The van der Waals surface area contributed by atoms with Gasteiger partial charge in [-0.3, -0.25) is 9.05 Å². The Kier molecular flexibility index (Phi) is 7.86. The Labute approximate surface area is 108 Å². The summed E-state index contributed by atoms with van der Waals surface area (Å²) in [6, 6.07) is 0. The molecule has 0 radical (unpaired) electrons. The summed E-state index contributed by atoms with van der Waals surface area (Å²) in [5.41, 5.74) is 6.51. The van der Waals surface area contributed by atoms with Crippen LogP contribution in [0.3, 0.4) is 0 Å². The van der Waals surface area contributed by atoms with Gasteiger partial charge in [-0.25, -0.2) is 9.56 Å². The zero-order chi connectivity index (χ0) is 12.6. The predicted molar refractivity (Wildman–Crippen MR) is 71.3 cm³/mol. The molecule has 0 aromatic rings. The molecule has 0 aliphatic carbocycles. The van der Waals surface area contributed by atoms with E-state index in [-0.39, 0.29) is 12.6 Å². The van der Waals surface area contributed by atoms with Gasteiger partial charge in [0.25, 0.3) is 0 Å². The lowest BCUT2D eigenvalue weighted by Crippen LogP contribution is -2.09. The van der Waals surface area contributed by atoms with Crippen LogP contribution in [0, 0.1) is 0 Å². The van der Waals surface area contributed by atoms with Gasteiger partial charge in [-0.1, -0.05) is 28.7 Å². The summed E-state index contributed by atoms with van der Waals surface area (Å²) in [5.74, 6) is 0.203.